The molecule has 3 fully saturated rings. The second-order valence-electron chi connectivity index (χ2n) is 5.46. The summed E-state index contributed by atoms with van der Waals surface area (Å²) in [7, 11) is 0. The molecule has 1 spiro atoms. The third-order valence-corrected chi connectivity index (χ3v) is 5.16. The second-order valence-corrected chi connectivity index (χ2v) is 5.46. The first-order chi connectivity index (χ1) is 6.28. The van der Waals surface area contributed by atoms with Crippen molar-refractivity contribution in [3.63, 3.8) is 0 Å². The fraction of sp³-hybridized carbons (Fsp3) is 1.00. The summed E-state index contributed by atoms with van der Waals surface area (Å²) in [5.74, 6) is 3.04. The number of hydrogen-bond donors (Lipinski definition) is 0. The highest BCUT2D eigenvalue weighted by atomic mass is 15.3. The van der Waals surface area contributed by atoms with Crippen LogP contribution in [-0.2, 0) is 0 Å². The van der Waals surface area contributed by atoms with Gasteiger partial charge >= 0.3 is 0 Å². The molecule has 74 valence electrons. The summed E-state index contributed by atoms with van der Waals surface area (Å²) in [4.78, 5) is 2.83. The lowest BCUT2D eigenvalue weighted by molar-refractivity contribution is 0.0407. The molecule has 0 amide bonds. The molecule has 13 heavy (non-hydrogen) atoms. The van der Waals surface area contributed by atoms with Gasteiger partial charge in [-0.2, -0.15) is 0 Å². The molecule has 0 aromatic carbocycles. The van der Waals surface area contributed by atoms with E-state index in [1.807, 2.05) is 0 Å². The van der Waals surface area contributed by atoms with Gasteiger partial charge in [-0.15, -0.1) is 0 Å². The monoisotopic (exact) mass is 179 g/mol. The lowest BCUT2D eigenvalue weighted by atomic mass is 9.83. The maximum absolute atomic E-state index is 2.83. The number of rotatable bonds is 0. The van der Waals surface area contributed by atoms with E-state index in [4.69, 9.17) is 0 Å². The average Bonchev–Trinajstić information content (AvgIpc) is 2.74. The highest BCUT2D eigenvalue weighted by molar-refractivity contribution is 5.21. The van der Waals surface area contributed by atoms with Crippen LogP contribution >= 0.6 is 0 Å². The van der Waals surface area contributed by atoms with Crippen LogP contribution in [0.1, 0.15) is 39.5 Å². The Labute approximate surface area is 81.5 Å². The molecular formula is C12H21N. The minimum absolute atomic E-state index is 0.691. The fourth-order valence-electron chi connectivity index (χ4n) is 4.61. The van der Waals surface area contributed by atoms with Crippen molar-refractivity contribution in [2.75, 3.05) is 13.1 Å². The van der Waals surface area contributed by atoms with Crippen molar-refractivity contribution >= 4 is 0 Å². The molecule has 2 heterocycles. The van der Waals surface area contributed by atoms with Gasteiger partial charge in [-0.05, 0) is 56.5 Å². The molecule has 0 aromatic heterocycles. The predicted octanol–water partition coefficient (Wildman–Crippen LogP) is 2.52. The molecule has 3 rings (SSSR count). The van der Waals surface area contributed by atoms with Crippen LogP contribution in [-0.4, -0.2) is 23.5 Å². The van der Waals surface area contributed by atoms with Crippen molar-refractivity contribution in [3.8, 4) is 0 Å². The molecule has 2 aliphatic heterocycles. The number of piperidine rings is 2. The van der Waals surface area contributed by atoms with Gasteiger partial charge in [0, 0.05) is 5.54 Å². The van der Waals surface area contributed by atoms with E-state index in [0.717, 1.165) is 17.8 Å². The zero-order valence-electron chi connectivity index (χ0n) is 8.92. The molecule has 1 nitrogen and oxygen atoms in total. The molecule has 0 radical (unpaired) electrons. The lowest BCUT2D eigenvalue weighted by Gasteiger charge is -2.44. The van der Waals surface area contributed by atoms with Crippen LogP contribution in [0.4, 0.5) is 0 Å². The van der Waals surface area contributed by atoms with Crippen LogP contribution in [0.25, 0.3) is 0 Å². The Bertz CT molecular complexity index is 211. The summed E-state index contributed by atoms with van der Waals surface area (Å²) in [6.07, 6.45) is 5.91. The number of hydrogen-bond acceptors (Lipinski definition) is 1. The lowest BCUT2D eigenvalue weighted by Crippen LogP contribution is -2.51. The van der Waals surface area contributed by atoms with E-state index in [1.54, 1.807) is 0 Å². The minimum Gasteiger partial charge on any atom is -0.297 e. The topological polar surface area (TPSA) is 3.24 Å². The maximum Gasteiger partial charge on any atom is 0.0295 e. The highest BCUT2D eigenvalue weighted by Crippen LogP contribution is 2.65. The Morgan fingerprint density at radius 3 is 2.46 bits per heavy atom. The standard InChI is InChI=1S/C12H21N/c1-9-5-3-7-13-8-4-6-11-10(2)12(9,11)13/h9-11H,3-8H2,1-2H3/t9-,10?,11-,12?/m1/s1. The van der Waals surface area contributed by atoms with Gasteiger partial charge in [0.25, 0.3) is 0 Å². The first-order valence-corrected chi connectivity index (χ1v) is 6.03. The summed E-state index contributed by atoms with van der Waals surface area (Å²) >= 11 is 0. The van der Waals surface area contributed by atoms with Crippen molar-refractivity contribution in [2.45, 2.75) is 45.1 Å². The van der Waals surface area contributed by atoms with E-state index in [-0.39, 0.29) is 0 Å². The number of nitrogens with zero attached hydrogens (tertiary/aromatic N) is 1. The largest absolute Gasteiger partial charge is 0.297 e. The molecular weight excluding hydrogens is 158 g/mol. The normalized spacial score (nSPS) is 55.4. The van der Waals surface area contributed by atoms with Crippen molar-refractivity contribution in [1.29, 1.82) is 0 Å². The third kappa shape index (κ3) is 0.823. The molecule has 3 aliphatic rings. The van der Waals surface area contributed by atoms with Crippen molar-refractivity contribution < 1.29 is 0 Å². The quantitative estimate of drug-likeness (QED) is 0.552. The Kier molecular flexibility index (Phi) is 1.59. The van der Waals surface area contributed by atoms with E-state index in [1.165, 1.54) is 38.8 Å². The van der Waals surface area contributed by atoms with Crippen LogP contribution in [0, 0.1) is 17.8 Å². The van der Waals surface area contributed by atoms with Gasteiger partial charge < -0.3 is 0 Å². The summed E-state index contributed by atoms with van der Waals surface area (Å²) in [6.45, 7) is 7.77. The highest BCUT2D eigenvalue weighted by Gasteiger charge is 2.68. The first-order valence-electron chi connectivity index (χ1n) is 6.03. The van der Waals surface area contributed by atoms with Gasteiger partial charge in [0.05, 0.1) is 0 Å². The Morgan fingerprint density at radius 1 is 1.08 bits per heavy atom. The van der Waals surface area contributed by atoms with Gasteiger partial charge in [0.15, 0.2) is 0 Å². The SMILES string of the molecule is CC1[C@H]2CCCN3CCC[C@@H](C)C123. The summed E-state index contributed by atoms with van der Waals surface area (Å²) in [6, 6.07) is 0. The smallest absolute Gasteiger partial charge is 0.0295 e. The summed E-state index contributed by atoms with van der Waals surface area (Å²) in [5, 5.41) is 0. The Morgan fingerprint density at radius 2 is 1.77 bits per heavy atom. The van der Waals surface area contributed by atoms with Gasteiger partial charge in [0.1, 0.15) is 0 Å². The van der Waals surface area contributed by atoms with Gasteiger partial charge in [0.2, 0.25) is 0 Å². The first kappa shape index (κ1) is 8.28. The molecule has 0 bridgehead atoms. The molecule has 1 heteroatoms. The van der Waals surface area contributed by atoms with Crippen LogP contribution < -0.4 is 0 Å². The van der Waals surface area contributed by atoms with Gasteiger partial charge in [-0.25, -0.2) is 0 Å². The van der Waals surface area contributed by atoms with E-state index in [9.17, 15) is 0 Å². The molecule has 2 unspecified atom stereocenters. The van der Waals surface area contributed by atoms with Crippen LogP contribution in [0.2, 0.25) is 0 Å². The maximum atomic E-state index is 2.83. The van der Waals surface area contributed by atoms with E-state index in [0.29, 0.717) is 5.54 Å². The van der Waals surface area contributed by atoms with E-state index < -0.39 is 0 Å². The van der Waals surface area contributed by atoms with Crippen molar-refractivity contribution in [3.05, 3.63) is 0 Å². The molecule has 1 aliphatic carbocycles. The Hall–Kier alpha value is -0.0400. The zero-order chi connectivity index (χ0) is 9.05. The average molecular weight is 179 g/mol. The van der Waals surface area contributed by atoms with Gasteiger partial charge in [-0.3, -0.25) is 4.90 Å². The molecule has 0 N–H and O–H groups in total. The van der Waals surface area contributed by atoms with E-state index in [2.05, 4.69) is 18.7 Å². The van der Waals surface area contributed by atoms with E-state index >= 15 is 0 Å². The summed E-state index contributed by atoms with van der Waals surface area (Å²) in [5.41, 5.74) is 0.691. The van der Waals surface area contributed by atoms with Crippen LogP contribution in [0.5, 0.6) is 0 Å². The molecule has 4 atom stereocenters. The fourth-order valence-corrected chi connectivity index (χ4v) is 4.61. The Balaban J connectivity index is 1.93. The molecule has 2 saturated heterocycles. The third-order valence-electron chi connectivity index (χ3n) is 5.16. The summed E-state index contributed by atoms with van der Waals surface area (Å²) < 4.78 is 0. The van der Waals surface area contributed by atoms with Crippen LogP contribution in [0.3, 0.4) is 0 Å². The molecule has 0 aromatic rings. The van der Waals surface area contributed by atoms with Crippen molar-refractivity contribution in [1.82, 2.24) is 4.90 Å². The minimum atomic E-state index is 0.691. The second kappa shape index (κ2) is 2.50. The van der Waals surface area contributed by atoms with Crippen molar-refractivity contribution in [2.24, 2.45) is 17.8 Å². The zero-order valence-corrected chi connectivity index (χ0v) is 8.92. The van der Waals surface area contributed by atoms with Gasteiger partial charge in [-0.1, -0.05) is 13.8 Å². The predicted molar refractivity (Wildman–Crippen MR) is 54.6 cm³/mol. The molecule has 1 saturated carbocycles. The van der Waals surface area contributed by atoms with Crippen LogP contribution in [0.15, 0.2) is 0 Å².